The summed E-state index contributed by atoms with van der Waals surface area (Å²) in [5.74, 6) is 0. The summed E-state index contributed by atoms with van der Waals surface area (Å²) in [4.78, 5) is 2.11. The van der Waals surface area contributed by atoms with Crippen molar-refractivity contribution in [1.82, 2.24) is 4.90 Å². The third-order valence-corrected chi connectivity index (χ3v) is 3.18. The molecule has 2 atom stereocenters. The second kappa shape index (κ2) is 2.42. The molecule has 3 heteroatoms. The Kier molecular flexibility index (Phi) is 1.65. The predicted molar refractivity (Wildman–Crippen MR) is 40.1 cm³/mol. The Morgan fingerprint density at radius 2 is 2.36 bits per heavy atom. The van der Waals surface area contributed by atoms with Crippen LogP contribution in [0.15, 0.2) is 0 Å². The van der Waals surface area contributed by atoms with E-state index >= 15 is 0 Å². The van der Waals surface area contributed by atoms with Gasteiger partial charge in [0, 0.05) is 6.54 Å². The Morgan fingerprint density at radius 1 is 1.55 bits per heavy atom. The van der Waals surface area contributed by atoms with Gasteiger partial charge in [-0.25, -0.2) is 4.39 Å². The van der Waals surface area contributed by atoms with Crippen LogP contribution < -0.4 is 0 Å². The number of hydrogen-bond donors (Lipinski definition) is 1. The largest absolute Gasteiger partial charge is 0.394 e. The van der Waals surface area contributed by atoms with Crippen LogP contribution in [0.25, 0.3) is 0 Å². The van der Waals surface area contributed by atoms with E-state index in [1.807, 2.05) is 0 Å². The van der Waals surface area contributed by atoms with Crippen LogP contribution in [0, 0.1) is 0 Å². The molecular formula is C8H14FNO. The molecule has 0 spiro atoms. The molecule has 0 aliphatic carbocycles. The fourth-order valence-corrected chi connectivity index (χ4v) is 2.46. The molecule has 0 amide bonds. The maximum absolute atomic E-state index is 13.3. The van der Waals surface area contributed by atoms with Gasteiger partial charge in [-0.1, -0.05) is 0 Å². The zero-order valence-corrected chi connectivity index (χ0v) is 6.59. The van der Waals surface area contributed by atoms with Crippen LogP contribution in [0.4, 0.5) is 4.39 Å². The number of fused-ring (bicyclic) bond motifs is 1. The predicted octanol–water partition coefficient (Wildman–Crippen LogP) is 0.555. The van der Waals surface area contributed by atoms with Gasteiger partial charge in [-0.15, -0.1) is 0 Å². The van der Waals surface area contributed by atoms with Crippen molar-refractivity contribution < 1.29 is 9.50 Å². The molecule has 2 aliphatic heterocycles. The smallest absolute Gasteiger partial charge is 0.122 e. The first kappa shape index (κ1) is 7.50. The number of aliphatic hydroxyl groups excluding tert-OH is 1. The summed E-state index contributed by atoms with van der Waals surface area (Å²) in [6.07, 6.45) is 1.70. The van der Waals surface area contributed by atoms with E-state index < -0.39 is 11.7 Å². The molecule has 11 heavy (non-hydrogen) atoms. The Hall–Kier alpha value is -0.150. The van der Waals surface area contributed by atoms with Crippen LogP contribution >= 0.6 is 0 Å². The Labute approximate surface area is 66.0 Å². The molecule has 0 radical (unpaired) electrons. The number of hydrogen-bond acceptors (Lipinski definition) is 2. The van der Waals surface area contributed by atoms with E-state index in [1.165, 1.54) is 0 Å². The number of aliphatic hydroxyl groups is 1. The third-order valence-electron chi connectivity index (χ3n) is 3.18. The summed E-state index contributed by atoms with van der Waals surface area (Å²) in [6.45, 7) is 1.80. The molecule has 2 aliphatic rings. The van der Waals surface area contributed by atoms with E-state index in [1.54, 1.807) is 0 Å². The summed E-state index contributed by atoms with van der Waals surface area (Å²) in [6, 6.07) is 0. The Morgan fingerprint density at radius 3 is 3.00 bits per heavy atom. The topological polar surface area (TPSA) is 23.5 Å². The van der Waals surface area contributed by atoms with Gasteiger partial charge in [0.15, 0.2) is 0 Å². The van der Waals surface area contributed by atoms with E-state index in [0.717, 1.165) is 25.9 Å². The second-order valence-corrected chi connectivity index (χ2v) is 3.61. The third kappa shape index (κ3) is 0.842. The SMILES string of the molecule is OCC12CCCN1CCC2F. The van der Waals surface area contributed by atoms with Crippen LogP contribution in [0.5, 0.6) is 0 Å². The summed E-state index contributed by atoms with van der Waals surface area (Å²) in [5, 5.41) is 9.12. The van der Waals surface area contributed by atoms with Gasteiger partial charge in [0.25, 0.3) is 0 Å². The molecule has 2 heterocycles. The Bertz CT molecular complexity index is 164. The van der Waals surface area contributed by atoms with Crippen molar-refractivity contribution in [1.29, 1.82) is 0 Å². The molecule has 0 saturated carbocycles. The van der Waals surface area contributed by atoms with Crippen molar-refractivity contribution in [2.75, 3.05) is 19.7 Å². The van der Waals surface area contributed by atoms with Gasteiger partial charge in [0.1, 0.15) is 6.17 Å². The summed E-state index contributed by atoms with van der Waals surface area (Å²) in [7, 11) is 0. The fraction of sp³-hybridized carbons (Fsp3) is 1.00. The molecule has 1 N–H and O–H groups in total. The van der Waals surface area contributed by atoms with Gasteiger partial charge in [0.05, 0.1) is 12.1 Å². The maximum Gasteiger partial charge on any atom is 0.122 e. The van der Waals surface area contributed by atoms with Gasteiger partial charge in [-0.05, 0) is 25.8 Å². The first-order chi connectivity index (χ1) is 5.29. The van der Waals surface area contributed by atoms with Crippen LogP contribution in [0.1, 0.15) is 19.3 Å². The highest BCUT2D eigenvalue weighted by Crippen LogP contribution is 2.40. The summed E-state index contributed by atoms with van der Waals surface area (Å²) >= 11 is 0. The first-order valence-electron chi connectivity index (χ1n) is 4.29. The lowest BCUT2D eigenvalue weighted by atomic mass is 9.93. The minimum atomic E-state index is -0.796. The van der Waals surface area contributed by atoms with Gasteiger partial charge < -0.3 is 5.11 Å². The quantitative estimate of drug-likeness (QED) is 0.604. The van der Waals surface area contributed by atoms with Crippen LogP contribution in [0.3, 0.4) is 0 Å². The zero-order valence-electron chi connectivity index (χ0n) is 6.59. The lowest BCUT2D eigenvalue weighted by Gasteiger charge is -2.31. The molecule has 2 unspecified atom stereocenters. The molecule has 0 aromatic carbocycles. The van der Waals surface area contributed by atoms with Gasteiger partial charge in [-0.3, -0.25) is 4.90 Å². The van der Waals surface area contributed by atoms with E-state index in [9.17, 15) is 4.39 Å². The highest BCUT2D eigenvalue weighted by atomic mass is 19.1. The molecule has 2 fully saturated rings. The average molecular weight is 159 g/mol. The molecule has 0 aromatic heterocycles. The first-order valence-corrected chi connectivity index (χ1v) is 4.29. The number of nitrogens with zero attached hydrogens (tertiary/aromatic N) is 1. The van der Waals surface area contributed by atoms with E-state index in [-0.39, 0.29) is 6.61 Å². The van der Waals surface area contributed by atoms with Gasteiger partial charge >= 0.3 is 0 Å². The molecular weight excluding hydrogens is 145 g/mol. The fourth-order valence-electron chi connectivity index (χ4n) is 2.46. The summed E-state index contributed by atoms with van der Waals surface area (Å²) in [5.41, 5.74) is -0.472. The number of halogens is 1. The molecule has 2 saturated heterocycles. The molecule has 0 aromatic rings. The molecule has 2 rings (SSSR count). The highest BCUT2D eigenvalue weighted by Gasteiger charge is 2.51. The molecule has 0 bridgehead atoms. The Balaban J connectivity index is 2.22. The van der Waals surface area contributed by atoms with Crippen LogP contribution in [0.2, 0.25) is 0 Å². The van der Waals surface area contributed by atoms with Gasteiger partial charge in [0.2, 0.25) is 0 Å². The van der Waals surface area contributed by atoms with Crippen molar-refractivity contribution >= 4 is 0 Å². The second-order valence-electron chi connectivity index (χ2n) is 3.61. The zero-order chi connectivity index (χ0) is 7.90. The number of rotatable bonds is 1. The minimum Gasteiger partial charge on any atom is -0.394 e. The van der Waals surface area contributed by atoms with Gasteiger partial charge in [-0.2, -0.15) is 0 Å². The number of alkyl halides is 1. The lowest BCUT2D eigenvalue weighted by Crippen LogP contribution is -2.47. The standard InChI is InChI=1S/C8H14FNO/c9-7-2-5-10-4-1-3-8(7,10)6-11/h7,11H,1-6H2. The minimum absolute atomic E-state index is 0.00579. The normalized spacial score (nSPS) is 44.7. The highest BCUT2D eigenvalue weighted by molar-refractivity contribution is 5.05. The summed E-state index contributed by atoms with van der Waals surface area (Å²) < 4.78 is 13.3. The maximum atomic E-state index is 13.3. The van der Waals surface area contributed by atoms with E-state index in [4.69, 9.17) is 5.11 Å². The van der Waals surface area contributed by atoms with Crippen LogP contribution in [-0.4, -0.2) is 41.4 Å². The van der Waals surface area contributed by atoms with Crippen molar-refractivity contribution in [3.63, 3.8) is 0 Å². The van der Waals surface area contributed by atoms with Crippen molar-refractivity contribution in [3.05, 3.63) is 0 Å². The lowest BCUT2D eigenvalue weighted by molar-refractivity contribution is 0.0500. The molecule has 2 nitrogen and oxygen atoms in total. The van der Waals surface area contributed by atoms with Crippen molar-refractivity contribution in [2.45, 2.75) is 31.0 Å². The monoisotopic (exact) mass is 159 g/mol. The van der Waals surface area contributed by atoms with Crippen molar-refractivity contribution in [2.24, 2.45) is 0 Å². The van der Waals surface area contributed by atoms with E-state index in [2.05, 4.69) is 4.90 Å². The average Bonchev–Trinajstić information content (AvgIpc) is 2.53. The van der Waals surface area contributed by atoms with Crippen molar-refractivity contribution in [3.8, 4) is 0 Å². The van der Waals surface area contributed by atoms with Crippen LogP contribution in [-0.2, 0) is 0 Å². The van der Waals surface area contributed by atoms with E-state index in [0.29, 0.717) is 6.42 Å². The molecule has 64 valence electrons.